The number of aromatic nitrogens is 1. The van der Waals surface area contributed by atoms with E-state index in [1.165, 1.54) is 6.92 Å². The van der Waals surface area contributed by atoms with Gasteiger partial charge < -0.3 is 14.5 Å². The second-order valence-electron chi connectivity index (χ2n) is 7.71. The molecule has 0 aliphatic heterocycles. The van der Waals surface area contributed by atoms with Crippen LogP contribution < -0.4 is 5.32 Å². The molecule has 0 aliphatic carbocycles. The minimum absolute atomic E-state index is 0.313. The van der Waals surface area contributed by atoms with E-state index in [1.54, 1.807) is 36.4 Å². The van der Waals surface area contributed by atoms with Crippen LogP contribution >= 0.6 is 11.6 Å². The van der Waals surface area contributed by atoms with Crippen LogP contribution in [0.2, 0.25) is 5.02 Å². The van der Waals surface area contributed by atoms with Crippen LogP contribution in [0.3, 0.4) is 0 Å². The topological polar surface area (TPSA) is 81.4 Å². The van der Waals surface area contributed by atoms with Crippen LogP contribution in [0.25, 0.3) is 33.3 Å². The Balaban J connectivity index is 1.47. The molecule has 6 nitrogen and oxygen atoms in total. The lowest BCUT2D eigenvalue weighted by molar-refractivity contribution is -0.123. The van der Waals surface area contributed by atoms with Crippen molar-refractivity contribution in [3.05, 3.63) is 95.5 Å². The van der Waals surface area contributed by atoms with Crippen molar-refractivity contribution in [3.8, 4) is 11.5 Å². The molecule has 1 N–H and O–H groups in total. The number of halogens is 1. The summed E-state index contributed by atoms with van der Waals surface area (Å²) < 4.78 is 11.5. The van der Waals surface area contributed by atoms with Crippen LogP contribution in [0, 0.1) is 0 Å². The molecule has 1 unspecified atom stereocenters. The number of ether oxygens (including phenoxy) is 1. The number of anilines is 1. The number of esters is 1. The second kappa shape index (κ2) is 9.00. The van der Waals surface area contributed by atoms with Gasteiger partial charge in [0.2, 0.25) is 5.89 Å². The minimum atomic E-state index is -1.05. The van der Waals surface area contributed by atoms with Gasteiger partial charge in [0.15, 0.2) is 11.7 Å². The fraction of sp³-hybridized carbons (Fsp3) is 0.0741. The van der Waals surface area contributed by atoms with E-state index in [4.69, 9.17) is 20.8 Å². The molecule has 168 valence electrons. The van der Waals surface area contributed by atoms with E-state index in [0.29, 0.717) is 38.7 Å². The van der Waals surface area contributed by atoms with E-state index < -0.39 is 18.0 Å². The van der Waals surface area contributed by atoms with E-state index in [9.17, 15) is 9.59 Å². The number of benzene rings is 4. The summed E-state index contributed by atoms with van der Waals surface area (Å²) in [5, 5.41) is 4.54. The standard InChI is InChI=1S/C27H19ClN2O4/c1-16(25(31)29-21-13-3-2-12-20(21)28)33-27(32)19-11-7-9-17-8-6-10-18(24(17)19)26-30-22-14-4-5-15-23(22)34-26/h2-16H,1H3,(H,29,31). The average Bonchev–Trinajstić information content (AvgIpc) is 3.28. The number of nitrogens with one attached hydrogen (secondary N) is 1. The van der Waals surface area contributed by atoms with Crippen LogP contribution in [0.5, 0.6) is 0 Å². The quantitative estimate of drug-likeness (QED) is 0.297. The van der Waals surface area contributed by atoms with Gasteiger partial charge in [-0.3, -0.25) is 4.79 Å². The molecule has 0 fully saturated rings. The largest absolute Gasteiger partial charge is 0.449 e. The average molecular weight is 471 g/mol. The van der Waals surface area contributed by atoms with Gasteiger partial charge in [-0.1, -0.05) is 60.1 Å². The maximum atomic E-state index is 13.2. The lowest BCUT2D eigenvalue weighted by Gasteiger charge is -2.15. The third-order valence-electron chi connectivity index (χ3n) is 5.43. The minimum Gasteiger partial charge on any atom is -0.449 e. The number of amides is 1. The monoisotopic (exact) mass is 470 g/mol. The first-order chi connectivity index (χ1) is 16.5. The highest BCUT2D eigenvalue weighted by atomic mass is 35.5. The van der Waals surface area contributed by atoms with Gasteiger partial charge in [0.05, 0.1) is 16.3 Å². The molecule has 0 radical (unpaired) electrons. The Kier molecular flexibility index (Phi) is 5.74. The molecule has 0 saturated heterocycles. The van der Waals surface area contributed by atoms with Crippen molar-refractivity contribution in [1.29, 1.82) is 0 Å². The molecule has 0 saturated carbocycles. The number of carbonyl (C=O) groups is 2. The molecule has 1 atom stereocenters. The molecular weight excluding hydrogens is 452 g/mol. The highest BCUT2D eigenvalue weighted by molar-refractivity contribution is 6.33. The van der Waals surface area contributed by atoms with Gasteiger partial charge in [-0.25, -0.2) is 9.78 Å². The summed E-state index contributed by atoms with van der Waals surface area (Å²) >= 11 is 6.11. The van der Waals surface area contributed by atoms with E-state index in [1.807, 2.05) is 48.5 Å². The summed E-state index contributed by atoms with van der Waals surface area (Å²) in [5.41, 5.74) is 2.79. The van der Waals surface area contributed by atoms with Gasteiger partial charge in [0, 0.05) is 10.9 Å². The second-order valence-corrected chi connectivity index (χ2v) is 8.12. The number of carbonyl (C=O) groups excluding carboxylic acids is 2. The first-order valence-electron chi connectivity index (χ1n) is 10.7. The van der Waals surface area contributed by atoms with Crippen LogP contribution in [0.4, 0.5) is 5.69 Å². The molecule has 34 heavy (non-hydrogen) atoms. The molecule has 1 heterocycles. The zero-order valence-corrected chi connectivity index (χ0v) is 18.9. The molecule has 1 aromatic heterocycles. The van der Waals surface area contributed by atoms with Crippen LogP contribution in [-0.2, 0) is 9.53 Å². The molecule has 5 aromatic rings. The summed E-state index contributed by atoms with van der Waals surface area (Å²) in [7, 11) is 0. The van der Waals surface area contributed by atoms with Gasteiger partial charge in [-0.05, 0) is 48.7 Å². The smallest absolute Gasteiger partial charge is 0.339 e. The number of para-hydroxylation sites is 3. The number of hydrogen-bond donors (Lipinski definition) is 1. The molecule has 0 aliphatic rings. The predicted molar refractivity (Wildman–Crippen MR) is 132 cm³/mol. The molecule has 4 aromatic carbocycles. The van der Waals surface area contributed by atoms with Gasteiger partial charge in [0.25, 0.3) is 5.91 Å². The van der Waals surface area contributed by atoms with Crippen molar-refractivity contribution in [2.45, 2.75) is 13.0 Å². The highest BCUT2D eigenvalue weighted by Crippen LogP contribution is 2.33. The molecule has 0 spiro atoms. The summed E-state index contributed by atoms with van der Waals surface area (Å²) in [5.74, 6) is -0.714. The third-order valence-corrected chi connectivity index (χ3v) is 5.76. The Morgan fingerprint density at radius 3 is 2.47 bits per heavy atom. The first-order valence-corrected chi connectivity index (χ1v) is 11.0. The molecule has 7 heteroatoms. The van der Waals surface area contributed by atoms with Crippen molar-refractivity contribution in [3.63, 3.8) is 0 Å². The van der Waals surface area contributed by atoms with E-state index in [2.05, 4.69) is 10.3 Å². The van der Waals surface area contributed by atoms with Crippen molar-refractivity contribution < 1.29 is 18.7 Å². The summed E-state index contributed by atoms with van der Waals surface area (Å²) in [6.07, 6.45) is -1.05. The summed E-state index contributed by atoms with van der Waals surface area (Å²) in [6.45, 7) is 1.51. The van der Waals surface area contributed by atoms with E-state index in [0.717, 1.165) is 10.9 Å². The van der Waals surface area contributed by atoms with Crippen molar-refractivity contribution in [1.82, 2.24) is 4.98 Å². The number of fused-ring (bicyclic) bond motifs is 2. The van der Waals surface area contributed by atoms with Crippen molar-refractivity contribution in [2.24, 2.45) is 0 Å². The maximum Gasteiger partial charge on any atom is 0.339 e. The predicted octanol–water partition coefficient (Wildman–Crippen LogP) is 6.49. The maximum absolute atomic E-state index is 13.2. The van der Waals surface area contributed by atoms with Gasteiger partial charge in [-0.2, -0.15) is 0 Å². The highest BCUT2D eigenvalue weighted by Gasteiger charge is 2.23. The molecule has 0 bridgehead atoms. The Morgan fingerprint density at radius 2 is 1.68 bits per heavy atom. The van der Waals surface area contributed by atoms with Gasteiger partial charge in [0.1, 0.15) is 5.52 Å². The number of nitrogens with zero attached hydrogens (tertiary/aromatic N) is 1. The van der Waals surface area contributed by atoms with E-state index in [-0.39, 0.29) is 0 Å². The SMILES string of the molecule is CC(OC(=O)c1cccc2cccc(-c3nc4ccccc4o3)c12)C(=O)Nc1ccccc1Cl. The molecular formula is C27H19ClN2O4. The Bertz CT molecular complexity index is 1500. The normalized spacial score (nSPS) is 11.9. The van der Waals surface area contributed by atoms with Gasteiger partial charge >= 0.3 is 5.97 Å². The Morgan fingerprint density at radius 1 is 0.941 bits per heavy atom. The summed E-state index contributed by atoms with van der Waals surface area (Å²) in [4.78, 5) is 30.4. The van der Waals surface area contributed by atoms with Crippen LogP contribution in [0.15, 0.2) is 89.3 Å². The van der Waals surface area contributed by atoms with Crippen molar-refractivity contribution in [2.75, 3.05) is 5.32 Å². The Hall–Kier alpha value is -4.16. The molecule has 5 rings (SSSR count). The summed E-state index contributed by atoms with van der Waals surface area (Å²) in [6, 6.07) is 25.2. The molecule has 1 amide bonds. The van der Waals surface area contributed by atoms with E-state index >= 15 is 0 Å². The van der Waals surface area contributed by atoms with Crippen LogP contribution in [0.1, 0.15) is 17.3 Å². The fourth-order valence-electron chi connectivity index (χ4n) is 3.75. The van der Waals surface area contributed by atoms with Gasteiger partial charge in [-0.15, -0.1) is 0 Å². The third kappa shape index (κ3) is 4.11. The number of oxazole rings is 1. The fourth-order valence-corrected chi connectivity index (χ4v) is 3.93. The number of hydrogen-bond acceptors (Lipinski definition) is 5. The lowest BCUT2D eigenvalue weighted by atomic mass is 9.99. The first kappa shape index (κ1) is 21.7. The zero-order valence-electron chi connectivity index (χ0n) is 18.1. The zero-order chi connectivity index (χ0) is 23.7. The van der Waals surface area contributed by atoms with Crippen molar-refractivity contribution >= 4 is 51.0 Å². The number of rotatable bonds is 5. The lowest BCUT2D eigenvalue weighted by Crippen LogP contribution is -2.30. The van der Waals surface area contributed by atoms with Crippen LogP contribution in [-0.4, -0.2) is 23.0 Å². The Labute approximate surface area is 200 Å².